The maximum Gasteiger partial charge on any atom is 0.218 e. The van der Waals surface area contributed by atoms with Crippen molar-refractivity contribution in [3.63, 3.8) is 0 Å². The molecule has 0 bridgehead atoms. The van der Waals surface area contributed by atoms with Crippen LogP contribution in [0.3, 0.4) is 0 Å². The molecule has 0 saturated carbocycles. The van der Waals surface area contributed by atoms with Crippen LogP contribution in [-0.2, 0) is 0 Å². The molecule has 0 aliphatic carbocycles. The number of anilines is 1. The van der Waals surface area contributed by atoms with Crippen LogP contribution >= 0.6 is 0 Å². The summed E-state index contributed by atoms with van der Waals surface area (Å²) in [5, 5.41) is 2.28. The molecule has 2 unspecified atom stereocenters. The number of hydrazine groups is 1. The second-order valence-electron chi connectivity index (χ2n) is 4.99. The van der Waals surface area contributed by atoms with Crippen molar-refractivity contribution >= 4 is 5.82 Å². The molecule has 1 aliphatic rings. The lowest BCUT2D eigenvalue weighted by atomic mass is 10.00. The number of hydrogen-bond acceptors (Lipinski definition) is 5. The Morgan fingerprint density at radius 2 is 1.94 bits per heavy atom. The van der Waals surface area contributed by atoms with Gasteiger partial charge in [0.1, 0.15) is 11.6 Å². The van der Waals surface area contributed by atoms with Gasteiger partial charge in [-0.15, -0.1) is 0 Å². The minimum absolute atomic E-state index is 0.523. The molecular weight excluding hydrogens is 228 g/mol. The zero-order chi connectivity index (χ0) is 13.1. The molecule has 1 aliphatic heterocycles. The molecule has 2 rings (SSSR count). The van der Waals surface area contributed by atoms with Crippen LogP contribution in [0.5, 0.6) is 5.88 Å². The molecule has 2 heterocycles. The first-order valence-electron chi connectivity index (χ1n) is 6.55. The van der Waals surface area contributed by atoms with Gasteiger partial charge in [0.05, 0.1) is 7.11 Å². The summed E-state index contributed by atoms with van der Waals surface area (Å²) < 4.78 is 5.17. The van der Waals surface area contributed by atoms with Crippen LogP contribution in [0.4, 0.5) is 5.82 Å². The smallest absolute Gasteiger partial charge is 0.218 e. The molecule has 5 heteroatoms. The second kappa shape index (κ2) is 5.52. The van der Waals surface area contributed by atoms with Crippen LogP contribution in [0.2, 0.25) is 0 Å². The van der Waals surface area contributed by atoms with E-state index in [0.29, 0.717) is 23.8 Å². The third-order valence-electron chi connectivity index (χ3n) is 3.46. The van der Waals surface area contributed by atoms with Crippen molar-refractivity contribution in [1.29, 1.82) is 0 Å². The number of rotatable bonds is 3. The molecule has 0 spiro atoms. The third kappa shape index (κ3) is 2.90. The Kier molecular flexibility index (Phi) is 4.01. The monoisotopic (exact) mass is 250 g/mol. The summed E-state index contributed by atoms with van der Waals surface area (Å²) in [5.74, 6) is 2.12. The van der Waals surface area contributed by atoms with Gasteiger partial charge in [-0.05, 0) is 33.6 Å². The minimum atomic E-state index is 0.523. The second-order valence-corrected chi connectivity index (χ2v) is 4.99. The molecule has 1 aromatic rings. The molecule has 0 radical (unpaired) electrons. The molecule has 2 atom stereocenters. The number of aryl methyl sites for hydroxylation is 1. The number of nitrogens with one attached hydrogen (secondary N) is 1. The molecule has 18 heavy (non-hydrogen) atoms. The number of hydrogen-bond donors (Lipinski definition) is 1. The van der Waals surface area contributed by atoms with E-state index in [1.165, 1.54) is 19.3 Å². The van der Waals surface area contributed by atoms with Gasteiger partial charge in [0, 0.05) is 18.2 Å². The van der Waals surface area contributed by atoms with Crippen molar-refractivity contribution in [3.8, 4) is 5.88 Å². The fraction of sp³-hybridized carbons (Fsp3) is 0.692. The van der Waals surface area contributed by atoms with Crippen LogP contribution < -0.4 is 10.2 Å². The van der Waals surface area contributed by atoms with Crippen LogP contribution in [0.25, 0.3) is 0 Å². The Morgan fingerprint density at radius 1 is 1.28 bits per heavy atom. The Hall–Kier alpha value is -1.36. The quantitative estimate of drug-likeness (QED) is 0.892. The van der Waals surface area contributed by atoms with E-state index < -0.39 is 0 Å². The SMILES string of the molecule is COc1cc(NN2C(C)CCCC2C)nc(C)n1. The van der Waals surface area contributed by atoms with E-state index >= 15 is 0 Å². The predicted molar refractivity (Wildman–Crippen MR) is 71.6 cm³/mol. The summed E-state index contributed by atoms with van der Waals surface area (Å²) in [6, 6.07) is 2.88. The van der Waals surface area contributed by atoms with Crippen molar-refractivity contribution in [2.75, 3.05) is 12.5 Å². The molecule has 100 valence electrons. The minimum Gasteiger partial charge on any atom is -0.481 e. The average Bonchev–Trinajstić information content (AvgIpc) is 2.33. The first kappa shape index (κ1) is 13.1. The van der Waals surface area contributed by atoms with Gasteiger partial charge >= 0.3 is 0 Å². The highest BCUT2D eigenvalue weighted by Crippen LogP contribution is 2.23. The van der Waals surface area contributed by atoms with E-state index in [2.05, 4.69) is 34.3 Å². The number of aromatic nitrogens is 2. The molecule has 1 aromatic heterocycles. The van der Waals surface area contributed by atoms with Gasteiger partial charge in [0.2, 0.25) is 5.88 Å². The van der Waals surface area contributed by atoms with E-state index in [1.807, 2.05) is 13.0 Å². The van der Waals surface area contributed by atoms with Crippen molar-refractivity contribution in [3.05, 3.63) is 11.9 Å². The lowest BCUT2D eigenvalue weighted by molar-refractivity contribution is 0.135. The van der Waals surface area contributed by atoms with Crippen LogP contribution in [0, 0.1) is 6.92 Å². The van der Waals surface area contributed by atoms with Gasteiger partial charge in [0.25, 0.3) is 0 Å². The van der Waals surface area contributed by atoms with Crippen molar-refractivity contribution in [2.45, 2.75) is 52.1 Å². The van der Waals surface area contributed by atoms with Gasteiger partial charge in [-0.3, -0.25) is 0 Å². The predicted octanol–water partition coefficient (Wildman–Crippen LogP) is 2.38. The first-order valence-corrected chi connectivity index (χ1v) is 6.55. The third-order valence-corrected chi connectivity index (χ3v) is 3.46. The van der Waals surface area contributed by atoms with E-state index in [9.17, 15) is 0 Å². The highest BCUT2D eigenvalue weighted by atomic mass is 16.5. The summed E-state index contributed by atoms with van der Waals surface area (Å²) in [5.41, 5.74) is 3.40. The highest BCUT2D eigenvalue weighted by molar-refractivity contribution is 5.37. The van der Waals surface area contributed by atoms with Crippen LogP contribution in [0.1, 0.15) is 38.9 Å². The fourth-order valence-corrected chi connectivity index (χ4v) is 2.48. The van der Waals surface area contributed by atoms with E-state index in [-0.39, 0.29) is 0 Å². The maximum atomic E-state index is 5.17. The summed E-state index contributed by atoms with van der Waals surface area (Å²) in [7, 11) is 1.62. The molecule has 1 saturated heterocycles. The van der Waals surface area contributed by atoms with Gasteiger partial charge in [-0.1, -0.05) is 6.42 Å². The summed E-state index contributed by atoms with van der Waals surface area (Å²) in [6.45, 7) is 6.36. The van der Waals surface area contributed by atoms with E-state index in [1.54, 1.807) is 7.11 Å². The Bertz CT molecular complexity index is 400. The normalized spacial score (nSPS) is 24.9. The molecule has 5 nitrogen and oxygen atoms in total. The molecule has 1 fully saturated rings. The number of nitrogens with zero attached hydrogens (tertiary/aromatic N) is 3. The number of ether oxygens (including phenoxy) is 1. The van der Waals surface area contributed by atoms with Gasteiger partial charge in [-0.2, -0.15) is 4.98 Å². The molecule has 0 aromatic carbocycles. The van der Waals surface area contributed by atoms with Crippen molar-refractivity contribution in [1.82, 2.24) is 15.0 Å². The Balaban J connectivity index is 2.14. The van der Waals surface area contributed by atoms with Crippen molar-refractivity contribution < 1.29 is 4.74 Å². The zero-order valence-corrected chi connectivity index (χ0v) is 11.6. The summed E-state index contributed by atoms with van der Waals surface area (Å²) >= 11 is 0. The topological polar surface area (TPSA) is 50.3 Å². The van der Waals surface area contributed by atoms with Crippen LogP contribution in [0.15, 0.2) is 6.07 Å². The summed E-state index contributed by atoms with van der Waals surface area (Å²) in [4.78, 5) is 8.59. The molecule has 0 amide bonds. The van der Waals surface area contributed by atoms with E-state index in [0.717, 1.165) is 5.82 Å². The number of methoxy groups -OCH3 is 1. The van der Waals surface area contributed by atoms with E-state index in [4.69, 9.17) is 4.74 Å². The van der Waals surface area contributed by atoms with Gasteiger partial charge in [-0.25, -0.2) is 9.99 Å². The van der Waals surface area contributed by atoms with Crippen LogP contribution in [-0.4, -0.2) is 34.2 Å². The summed E-state index contributed by atoms with van der Waals surface area (Å²) in [6.07, 6.45) is 3.74. The Labute approximate surface area is 109 Å². The molecule has 1 N–H and O–H groups in total. The number of piperidine rings is 1. The fourth-order valence-electron chi connectivity index (χ4n) is 2.48. The standard InChI is InChI=1S/C13H22N4O/c1-9-6-5-7-10(2)17(9)16-12-8-13(18-4)15-11(3)14-12/h8-10H,5-7H2,1-4H3,(H,14,15,16). The van der Waals surface area contributed by atoms with Crippen molar-refractivity contribution in [2.24, 2.45) is 0 Å². The lowest BCUT2D eigenvalue weighted by Crippen LogP contribution is -2.47. The maximum absolute atomic E-state index is 5.17. The largest absolute Gasteiger partial charge is 0.481 e. The van der Waals surface area contributed by atoms with Gasteiger partial charge < -0.3 is 10.2 Å². The highest BCUT2D eigenvalue weighted by Gasteiger charge is 2.25. The van der Waals surface area contributed by atoms with Gasteiger partial charge in [0.15, 0.2) is 0 Å². The Morgan fingerprint density at radius 3 is 2.56 bits per heavy atom. The average molecular weight is 250 g/mol. The zero-order valence-electron chi connectivity index (χ0n) is 11.6. The lowest BCUT2D eigenvalue weighted by Gasteiger charge is -2.39. The molecular formula is C13H22N4O. The first-order chi connectivity index (χ1) is 8.60.